The lowest BCUT2D eigenvalue weighted by Gasteiger charge is -2.35. The predicted octanol–water partition coefficient (Wildman–Crippen LogP) is 3.29. The lowest BCUT2D eigenvalue weighted by molar-refractivity contribution is 0.648. The molecule has 2 heteroatoms. The number of hydrogen-bond acceptors (Lipinski definition) is 2. The third-order valence-corrected chi connectivity index (χ3v) is 4.80. The maximum absolute atomic E-state index is 2.64. The summed E-state index contributed by atoms with van der Waals surface area (Å²) in [4.78, 5) is 2.64. The van der Waals surface area contributed by atoms with E-state index >= 15 is 0 Å². The van der Waals surface area contributed by atoms with Crippen molar-refractivity contribution in [3.8, 4) is 0 Å². The SMILES string of the molecule is c1ccc2c(c1)CCCN2C1CCCS1. The van der Waals surface area contributed by atoms with Crippen LogP contribution in [0, 0.1) is 0 Å². The predicted molar refractivity (Wildman–Crippen MR) is 67.6 cm³/mol. The molecule has 1 nitrogen and oxygen atoms in total. The molecule has 1 unspecified atom stereocenters. The monoisotopic (exact) mass is 219 g/mol. The van der Waals surface area contributed by atoms with Crippen LogP contribution in [0.4, 0.5) is 5.69 Å². The molecule has 0 amide bonds. The highest BCUT2D eigenvalue weighted by Crippen LogP contribution is 2.36. The number of nitrogens with zero attached hydrogens (tertiary/aromatic N) is 1. The highest BCUT2D eigenvalue weighted by Gasteiger charge is 2.26. The van der Waals surface area contributed by atoms with E-state index in [0.717, 1.165) is 5.37 Å². The van der Waals surface area contributed by atoms with E-state index in [0.29, 0.717) is 0 Å². The largest absolute Gasteiger partial charge is 0.359 e. The molecule has 0 aromatic heterocycles. The maximum Gasteiger partial charge on any atom is 0.0751 e. The fourth-order valence-corrected chi connectivity index (χ4v) is 4.01. The van der Waals surface area contributed by atoms with Crippen molar-refractivity contribution in [3.05, 3.63) is 29.8 Å². The number of benzene rings is 1. The van der Waals surface area contributed by atoms with Crippen molar-refractivity contribution in [2.45, 2.75) is 31.1 Å². The van der Waals surface area contributed by atoms with Gasteiger partial charge >= 0.3 is 0 Å². The second-order valence-corrected chi connectivity index (χ2v) is 5.68. The highest BCUT2D eigenvalue weighted by atomic mass is 32.2. The second kappa shape index (κ2) is 4.09. The van der Waals surface area contributed by atoms with Gasteiger partial charge < -0.3 is 4.90 Å². The Hall–Kier alpha value is -0.630. The van der Waals surface area contributed by atoms with Gasteiger partial charge in [0, 0.05) is 12.2 Å². The molecule has 1 aromatic carbocycles. The average molecular weight is 219 g/mol. The molecule has 15 heavy (non-hydrogen) atoms. The minimum absolute atomic E-state index is 0.756. The zero-order chi connectivity index (χ0) is 10.1. The smallest absolute Gasteiger partial charge is 0.0751 e. The second-order valence-electron chi connectivity index (χ2n) is 4.39. The fourth-order valence-electron chi connectivity index (χ4n) is 2.67. The number of aryl methyl sites for hydroxylation is 1. The number of anilines is 1. The Labute approximate surface area is 95.9 Å². The standard InChI is InChI=1S/C13H17NS/c1-2-7-12-11(5-1)6-3-9-14(12)13-8-4-10-15-13/h1-2,5,7,13H,3-4,6,8-10H2. The van der Waals surface area contributed by atoms with Crippen LogP contribution in [0.2, 0.25) is 0 Å². The number of rotatable bonds is 1. The summed E-state index contributed by atoms with van der Waals surface area (Å²) < 4.78 is 0. The van der Waals surface area contributed by atoms with Gasteiger partial charge in [0.1, 0.15) is 0 Å². The van der Waals surface area contributed by atoms with Crippen LogP contribution < -0.4 is 4.90 Å². The zero-order valence-electron chi connectivity index (χ0n) is 8.98. The highest BCUT2D eigenvalue weighted by molar-refractivity contribution is 8.00. The molecular weight excluding hydrogens is 202 g/mol. The van der Waals surface area contributed by atoms with E-state index in [1.807, 2.05) is 0 Å². The van der Waals surface area contributed by atoms with Crippen molar-refractivity contribution in [2.75, 3.05) is 17.2 Å². The molecular formula is C13H17NS. The molecule has 1 fully saturated rings. The Morgan fingerprint density at radius 2 is 2.13 bits per heavy atom. The van der Waals surface area contributed by atoms with Gasteiger partial charge in [-0.2, -0.15) is 0 Å². The molecule has 2 aliphatic rings. The lowest BCUT2D eigenvalue weighted by Crippen LogP contribution is -2.35. The molecule has 0 aliphatic carbocycles. The number of hydrogen-bond donors (Lipinski definition) is 0. The van der Waals surface area contributed by atoms with Gasteiger partial charge in [-0.05, 0) is 43.1 Å². The van der Waals surface area contributed by atoms with Crippen LogP contribution in [0.25, 0.3) is 0 Å². The summed E-state index contributed by atoms with van der Waals surface area (Å²) in [7, 11) is 0. The van der Waals surface area contributed by atoms with E-state index in [2.05, 4.69) is 40.9 Å². The summed E-state index contributed by atoms with van der Waals surface area (Å²) in [6.45, 7) is 1.26. The lowest BCUT2D eigenvalue weighted by atomic mass is 10.0. The summed E-state index contributed by atoms with van der Waals surface area (Å²) in [5.41, 5.74) is 3.06. The molecule has 0 saturated carbocycles. The van der Waals surface area contributed by atoms with Gasteiger partial charge in [-0.15, -0.1) is 11.8 Å². The van der Waals surface area contributed by atoms with E-state index < -0.39 is 0 Å². The molecule has 0 N–H and O–H groups in total. The van der Waals surface area contributed by atoms with Crippen LogP contribution in [-0.4, -0.2) is 17.7 Å². The summed E-state index contributed by atoms with van der Waals surface area (Å²) in [6.07, 6.45) is 5.37. The zero-order valence-corrected chi connectivity index (χ0v) is 9.80. The van der Waals surface area contributed by atoms with Gasteiger partial charge in [0.15, 0.2) is 0 Å². The number of thioether (sulfide) groups is 1. The normalized spacial score (nSPS) is 25.3. The van der Waals surface area contributed by atoms with Crippen LogP contribution in [0.15, 0.2) is 24.3 Å². The molecule has 1 saturated heterocycles. The molecule has 1 aromatic rings. The van der Waals surface area contributed by atoms with Gasteiger partial charge in [-0.1, -0.05) is 18.2 Å². The van der Waals surface area contributed by atoms with E-state index in [9.17, 15) is 0 Å². The Balaban J connectivity index is 1.91. The Morgan fingerprint density at radius 3 is 3.00 bits per heavy atom. The first-order chi connectivity index (χ1) is 7.45. The minimum atomic E-state index is 0.756. The molecule has 80 valence electrons. The Morgan fingerprint density at radius 1 is 1.20 bits per heavy atom. The number of para-hydroxylation sites is 1. The third kappa shape index (κ3) is 1.76. The van der Waals surface area contributed by atoms with Crippen LogP contribution in [0.1, 0.15) is 24.8 Å². The molecule has 0 bridgehead atoms. The quantitative estimate of drug-likeness (QED) is 0.713. The van der Waals surface area contributed by atoms with Crippen LogP contribution >= 0.6 is 11.8 Å². The third-order valence-electron chi connectivity index (χ3n) is 3.40. The van der Waals surface area contributed by atoms with Crippen molar-refractivity contribution in [1.82, 2.24) is 0 Å². The molecule has 1 atom stereocenters. The topological polar surface area (TPSA) is 3.24 Å². The molecule has 0 radical (unpaired) electrons. The summed E-state index contributed by atoms with van der Waals surface area (Å²) in [5.74, 6) is 1.35. The van der Waals surface area contributed by atoms with E-state index in [4.69, 9.17) is 0 Å². The molecule has 2 heterocycles. The summed E-state index contributed by atoms with van der Waals surface area (Å²) >= 11 is 2.14. The van der Waals surface area contributed by atoms with Crippen LogP contribution in [0.5, 0.6) is 0 Å². The van der Waals surface area contributed by atoms with Crippen LogP contribution in [0.3, 0.4) is 0 Å². The van der Waals surface area contributed by atoms with Crippen molar-refractivity contribution < 1.29 is 0 Å². The average Bonchev–Trinajstić information content (AvgIpc) is 2.82. The van der Waals surface area contributed by atoms with Crippen molar-refractivity contribution in [3.63, 3.8) is 0 Å². The summed E-state index contributed by atoms with van der Waals surface area (Å²) in [6, 6.07) is 8.94. The molecule has 3 rings (SSSR count). The Bertz CT molecular complexity index is 344. The minimum Gasteiger partial charge on any atom is -0.359 e. The van der Waals surface area contributed by atoms with Gasteiger partial charge in [0.25, 0.3) is 0 Å². The van der Waals surface area contributed by atoms with Gasteiger partial charge in [-0.3, -0.25) is 0 Å². The van der Waals surface area contributed by atoms with Crippen molar-refractivity contribution in [2.24, 2.45) is 0 Å². The van der Waals surface area contributed by atoms with Gasteiger partial charge in [0.2, 0.25) is 0 Å². The molecule has 0 spiro atoms. The van der Waals surface area contributed by atoms with Crippen molar-refractivity contribution in [1.29, 1.82) is 0 Å². The van der Waals surface area contributed by atoms with Gasteiger partial charge in [0.05, 0.1) is 5.37 Å². The summed E-state index contributed by atoms with van der Waals surface area (Å²) in [5, 5.41) is 0.756. The van der Waals surface area contributed by atoms with E-state index in [-0.39, 0.29) is 0 Å². The first-order valence-corrected chi connectivity index (χ1v) is 6.96. The number of fused-ring (bicyclic) bond motifs is 1. The maximum atomic E-state index is 2.64. The fraction of sp³-hybridized carbons (Fsp3) is 0.538. The van der Waals surface area contributed by atoms with Crippen molar-refractivity contribution >= 4 is 17.4 Å². The van der Waals surface area contributed by atoms with E-state index in [1.165, 1.54) is 43.7 Å². The van der Waals surface area contributed by atoms with E-state index in [1.54, 1.807) is 5.56 Å². The Kier molecular flexibility index (Phi) is 2.61. The first kappa shape index (κ1) is 9.59. The molecule has 2 aliphatic heterocycles. The van der Waals surface area contributed by atoms with Gasteiger partial charge in [-0.25, -0.2) is 0 Å². The first-order valence-electron chi connectivity index (χ1n) is 5.91. The van der Waals surface area contributed by atoms with Crippen LogP contribution in [-0.2, 0) is 6.42 Å².